The average molecular weight is 317 g/mol. The van der Waals surface area contributed by atoms with E-state index < -0.39 is 0 Å². The highest BCUT2D eigenvalue weighted by atomic mass is 16.5. The molecule has 1 aromatic carbocycles. The van der Waals surface area contributed by atoms with Crippen molar-refractivity contribution in [3.8, 4) is 5.75 Å². The van der Waals surface area contributed by atoms with E-state index in [0.29, 0.717) is 31.2 Å². The van der Waals surface area contributed by atoms with Crippen LogP contribution in [0.3, 0.4) is 0 Å². The summed E-state index contributed by atoms with van der Waals surface area (Å²) in [7, 11) is 1.97. The highest BCUT2D eigenvalue weighted by molar-refractivity contribution is 5.89. The van der Waals surface area contributed by atoms with Crippen molar-refractivity contribution in [1.82, 2.24) is 10.1 Å². The number of aromatic nitrogens is 1. The smallest absolute Gasteiger partial charge is 0.226 e. The molecule has 124 valence electrons. The normalized spacial score (nSPS) is 10.8. The fourth-order valence-corrected chi connectivity index (χ4v) is 2.06. The molecule has 1 N–H and O–H groups in total. The third kappa shape index (κ3) is 6.12. The van der Waals surface area contributed by atoms with Crippen LogP contribution in [0.25, 0.3) is 0 Å². The first-order valence-electron chi connectivity index (χ1n) is 7.64. The van der Waals surface area contributed by atoms with Gasteiger partial charge in [0.15, 0.2) is 5.82 Å². The molecule has 1 heterocycles. The first-order chi connectivity index (χ1) is 11.0. The van der Waals surface area contributed by atoms with Crippen molar-refractivity contribution in [2.45, 2.75) is 20.3 Å². The van der Waals surface area contributed by atoms with E-state index in [0.717, 1.165) is 12.3 Å². The summed E-state index contributed by atoms with van der Waals surface area (Å²) in [5.41, 5.74) is 1.18. The van der Waals surface area contributed by atoms with E-state index in [1.54, 1.807) is 13.0 Å². The number of nitrogens with one attached hydrogen (secondary N) is 1. The summed E-state index contributed by atoms with van der Waals surface area (Å²) in [4.78, 5) is 13.9. The summed E-state index contributed by atoms with van der Waals surface area (Å²) in [5, 5.41) is 6.44. The van der Waals surface area contributed by atoms with Gasteiger partial charge in [-0.25, -0.2) is 0 Å². The number of anilines is 1. The van der Waals surface area contributed by atoms with E-state index >= 15 is 0 Å². The lowest BCUT2D eigenvalue weighted by Gasteiger charge is -2.16. The number of hydrogen-bond donors (Lipinski definition) is 1. The molecule has 0 aliphatic carbocycles. The minimum Gasteiger partial charge on any atom is -0.492 e. The van der Waals surface area contributed by atoms with Gasteiger partial charge in [-0.05, 0) is 38.6 Å². The maximum absolute atomic E-state index is 11.8. The molecule has 1 amide bonds. The lowest BCUT2D eigenvalue weighted by atomic mass is 10.2. The Morgan fingerprint density at radius 1 is 1.30 bits per heavy atom. The molecule has 0 spiro atoms. The predicted octanol–water partition coefficient (Wildman–Crippen LogP) is 2.63. The Bertz CT molecular complexity index is 640. The van der Waals surface area contributed by atoms with Crippen LogP contribution in [-0.2, 0) is 4.79 Å². The fourth-order valence-electron chi connectivity index (χ4n) is 2.06. The molecule has 0 saturated heterocycles. The minimum atomic E-state index is -0.0789. The van der Waals surface area contributed by atoms with Gasteiger partial charge in [0.05, 0.1) is 0 Å². The van der Waals surface area contributed by atoms with Crippen molar-refractivity contribution < 1.29 is 14.1 Å². The zero-order chi connectivity index (χ0) is 16.7. The lowest BCUT2D eigenvalue weighted by molar-refractivity contribution is -0.116. The van der Waals surface area contributed by atoms with E-state index in [2.05, 4.69) is 15.4 Å². The topological polar surface area (TPSA) is 67.6 Å². The van der Waals surface area contributed by atoms with Crippen LogP contribution in [-0.4, -0.2) is 42.7 Å². The monoisotopic (exact) mass is 317 g/mol. The summed E-state index contributed by atoms with van der Waals surface area (Å²) < 4.78 is 10.6. The third-order valence-electron chi connectivity index (χ3n) is 3.35. The van der Waals surface area contributed by atoms with Crippen LogP contribution in [0.4, 0.5) is 5.82 Å². The van der Waals surface area contributed by atoms with E-state index in [-0.39, 0.29) is 5.91 Å². The summed E-state index contributed by atoms with van der Waals surface area (Å²) in [6.07, 6.45) is 0.396. The molecular weight excluding hydrogens is 294 g/mol. The van der Waals surface area contributed by atoms with E-state index in [4.69, 9.17) is 9.26 Å². The summed E-state index contributed by atoms with van der Waals surface area (Å²) in [6.45, 7) is 5.81. The second-order valence-corrected chi connectivity index (χ2v) is 5.59. The quantitative estimate of drug-likeness (QED) is 0.810. The molecule has 23 heavy (non-hydrogen) atoms. The lowest BCUT2D eigenvalue weighted by Crippen LogP contribution is -2.28. The molecule has 0 radical (unpaired) electrons. The number of amides is 1. The Morgan fingerprint density at radius 2 is 2.13 bits per heavy atom. The second-order valence-electron chi connectivity index (χ2n) is 5.59. The number of likely N-dealkylation sites (N-methyl/N-ethyl adjacent to an activating group) is 1. The van der Waals surface area contributed by atoms with Crippen molar-refractivity contribution in [2.75, 3.05) is 32.1 Å². The highest BCUT2D eigenvalue weighted by Crippen LogP contribution is 2.12. The summed E-state index contributed by atoms with van der Waals surface area (Å²) in [6, 6.07) is 9.66. The van der Waals surface area contributed by atoms with Crippen molar-refractivity contribution >= 4 is 11.7 Å². The van der Waals surface area contributed by atoms with Crippen LogP contribution < -0.4 is 10.1 Å². The van der Waals surface area contributed by atoms with Crippen molar-refractivity contribution in [2.24, 2.45) is 0 Å². The van der Waals surface area contributed by atoms with Crippen LogP contribution in [0.1, 0.15) is 17.7 Å². The van der Waals surface area contributed by atoms with Gasteiger partial charge in [-0.1, -0.05) is 17.3 Å². The van der Waals surface area contributed by atoms with Crippen molar-refractivity contribution in [3.63, 3.8) is 0 Å². The van der Waals surface area contributed by atoms with Gasteiger partial charge in [0.2, 0.25) is 5.91 Å². The first kappa shape index (κ1) is 17.0. The maximum Gasteiger partial charge on any atom is 0.226 e. The van der Waals surface area contributed by atoms with Gasteiger partial charge >= 0.3 is 0 Å². The molecular formula is C17H23N3O3. The number of aryl methyl sites for hydroxylation is 2. The van der Waals surface area contributed by atoms with Gasteiger partial charge in [0.1, 0.15) is 18.1 Å². The minimum absolute atomic E-state index is 0.0789. The van der Waals surface area contributed by atoms with E-state index in [1.807, 2.05) is 38.2 Å². The fraction of sp³-hybridized carbons (Fsp3) is 0.412. The number of rotatable bonds is 8. The van der Waals surface area contributed by atoms with Crippen LogP contribution in [0, 0.1) is 13.8 Å². The highest BCUT2D eigenvalue weighted by Gasteiger charge is 2.08. The van der Waals surface area contributed by atoms with Crippen LogP contribution >= 0.6 is 0 Å². The van der Waals surface area contributed by atoms with Crippen LogP contribution in [0.5, 0.6) is 5.75 Å². The van der Waals surface area contributed by atoms with E-state index in [1.165, 1.54) is 5.56 Å². The van der Waals surface area contributed by atoms with Gasteiger partial charge in [-0.2, -0.15) is 0 Å². The number of ether oxygens (including phenoxy) is 1. The third-order valence-corrected chi connectivity index (χ3v) is 3.35. The zero-order valence-electron chi connectivity index (χ0n) is 13.8. The molecule has 6 heteroatoms. The zero-order valence-corrected chi connectivity index (χ0v) is 13.8. The SMILES string of the molecule is Cc1cccc(OCCN(C)CCC(=O)Nc2cc(C)on2)c1. The molecule has 2 rings (SSSR count). The Morgan fingerprint density at radius 3 is 2.83 bits per heavy atom. The standard InChI is InChI=1S/C17H23N3O3/c1-13-5-4-6-15(11-13)22-10-9-20(3)8-7-17(21)18-16-12-14(2)23-19-16/h4-6,11-12H,7-10H2,1-3H3,(H,18,19,21). The van der Waals surface area contributed by atoms with Gasteiger partial charge in [-0.3, -0.25) is 4.79 Å². The summed E-state index contributed by atoms with van der Waals surface area (Å²) >= 11 is 0. The molecule has 2 aromatic rings. The number of hydrogen-bond acceptors (Lipinski definition) is 5. The van der Waals surface area contributed by atoms with Crippen molar-refractivity contribution in [1.29, 1.82) is 0 Å². The number of nitrogens with zero attached hydrogens (tertiary/aromatic N) is 2. The molecule has 0 aliphatic heterocycles. The predicted molar refractivity (Wildman–Crippen MR) is 88.7 cm³/mol. The number of carbonyl (C=O) groups is 1. The Hall–Kier alpha value is -2.34. The number of carbonyl (C=O) groups excluding carboxylic acids is 1. The van der Waals surface area contributed by atoms with Crippen molar-refractivity contribution in [3.05, 3.63) is 41.7 Å². The molecule has 0 aliphatic rings. The first-order valence-corrected chi connectivity index (χ1v) is 7.64. The van der Waals surface area contributed by atoms with Gasteiger partial charge in [0, 0.05) is 25.6 Å². The molecule has 0 saturated carbocycles. The van der Waals surface area contributed by atoms with E-state index in [9.17, 15) is 4.79 Å². The molecule has 0 bridgehead atoms. The van der Waals surface area contributed by atoms with Crippen LogP contribution in [0.2, 0.25) is 0 Å². The molecule has 6 nitrogen and oxygen atoms in total. The largest absolute Gasteiger partial charge is 0.492 e. The van der Waals surface area contributed by atoms with Gasteiger partial charge in [-0.15, -0.1) is 0 Å². The average Bonchev–Trinajstić information content (AvgIpc) is 2.90. The number of benzene rings is 1. The molecule has 1 aromatic heterocycles. The summed E-state index contributed by atoms with van der Waals surface area (Å²) in [5.74, 6) is 1.92. The Labute approximate surface area is 136 Å². The molecule has 0 unspecified atom stereocenters. The maximum atomic E-state index is 11.8. The molecule has 0 atom stereocenters. The Balaban J connectivity index is 1.62. The van der Waals surface area contributed by atoms with Gasteiger partial charge < -0.3 is 19.5 Å². The van der Waals surface area contributed by atoms with Crippen LogP contribution in [0.15, 0.2) is 34.9 Å². The van der Waals surface area contributed by atoms with Gasteiger partial charge in [0.25, 0.3) is 0 Å². The Kier molecular flexibility index (Phi) is 6.17. The molecule has 0 fully saturated rings. The second kappa shape index (κ2) is 8.33.